The van der Waals surface area contributed by atoms with Gasteiger partial charge in [-0.25, -0.2) is 0 Å². The number of hydrogen-bond acceptors (Lipinski definition) is 4. The molecule has 3 rings (SSSR count). The van der Waals surface area contributed by atoms with E-state index >= 15 is 0 Å². The summed E-state index contributed by atoms with van der Waals surface area (Å²) in [5, 5.41) is 0. The second kappa shape index (κ2) is 6.29. The number of rotatable bonds is 3. The van der Waals surface area contributed by atoms with E-state index in [1.54, 1.807) is 38.3 Å². The lowest BCUT2D eigenvalue weighted by Crippen LogP contribution is -2.33. The first-order valence-electron chi connectivity index (χ1n) is 7.45. The molecule has 1 unspecified atom stereocenters. The number of hydrogen-bond donors (Lipinski definition) is 0. The van der Waals surface area contributed by atoms with Crippen molar-refractivity contribution in [2.45, 2.75) is 23.8 Å². The molecular weight excluding hydrogens is 353 g/mol. The molecule has 0 spiro atoms. The Labute approximate surface area is 147 Å². The first-order valence-corrected chi connectivity index (χ1v) is 8.43. The van der Waals surface area contributed by atoms with Crippen molar-refractivity contribution < 1.29 is 27.4 Å². The van der Waals surface area contributed by atoms with Gasteiger partial charge in [0.2, 0.25) is 0 Å². The SMILES string of the molecule is COc1ccc(C2(C)SCc3ccc(OC(F)(F)F)cc3C2=O)cc1. The Kier molecular flexibility index (Phi) is 4.45. The van der Waals surface area contributed by atoms with E-state index in [0.717, 1.165) is 5.56 Å². The molecule has 0 radical (unpaired) electrons. The minimum Gasteiger partial charge on any atom is -0.497 e. The summed E-state index contributed by atoms with van der Waals surface area (Å²) in [5.74, 6) is 0.567. The van der Waals surface area contributed by atoms with Gasteiger partial charge < -0.3 is 9.47 Å². The number of alkyl halides is 3. The van der Waals surface area contributed by atoms with E-state index in [-0.39, 0.29) is 17.1 Å². The summed E-state index contributed by atoms with van der Waals surface area (Å²) in [4.78, 5) is 13.0. The average Bonchev–Trinajstić information content (AvgIpc) is 2.57. The second-order valence-electron chi connectivity index (χ2n) is 5.75. The molecule has 25 heavy (non-hydrogen) atoms. The van der Waals surface area contributed by atoms with E-state index < -0.39 is 11.1 Å². The van der Waals surface area contributed by atoms with Gasteiger partial charge in [0, 0.05) is 11.3 Å². The largest absolute Gasteiger partial charge is 0.573 e. The number of carbonyl (C=O) groups excluding carboxylic acids is 1. The number of benzene rings is 2. The number of carbonyl (C=O) groups is 1. The van der Waals surface area contributed by atoms with Crippen molar-refractivity contribution in [1.29, 1.82) is 0 Å². The summed E-state index contributed by atoms with van der Waals surface area (Å²) >= 11 is 1.45. The highest BCUT2D eigenvalue weighted by atomic mass is 32.2. The lowest BCUT2D eigenvalue weighted by molar-refractivity contribution is -0.274. The van der Waals surface area contributed by atoms with E-state index in [9.17, 15) is 18.0 Å². The molecule has 0 saturated heterocycles. The summed E-state index contributed by atoms with van der Waals surface area (Å²) in [6, 6.07) is 11.0. The molecule has 1 atom stereocenters. The van der Waals surface area contributed by atoms with E-state index in [2.05, 4.69) is 4.74 Å². The van der Waals surface area contributed by atoms with Gasteiger partial charge >= 0.3 is 6.36 Å². The molecule has 2 aromatic rings. The van der Waals surface area contributed by atoms with Crippen molar-refractivity contribution in [2.24, 2.45) is 0 Å². The van der Waals surface area contributed by atoms with Crippen molar-refractivity contribution in [3.63, 3.8) is 0 Å². The Morgan fingerprint density at radius 2 is 1.72 bits per heavy atom. The third kappa shape index (κ3) is 3.46. The van der Waals surface area contributed by atoms with Gasteiger partial charge in [-0.1, -0.05) is 18.2 Å². The fourth-order valence-corrected chi connectivity index (χ4v) is 4.00. The Bertz CT molecular complexity index is 802. The average molecular weight is 368 g/mol. The maximum absolute atomic E-state index is 13.0. The summed E-state index contributed by atoms with van der Waals surface area (Å²) in [6.45, 7) is 1.78. The van der Waals surface area contributed by atoms with E-state index in [4.69, 9.17) is 4.74 Å². The van der Waals surface area contributed by atoms with Gasteiger partial charge in [0.1, 0.15) is 16.2 Å². The van der Waals surface area contributed by atoms with Crippen LogP contribution in [-0.4, -0.2) is 19.3 Å². The second-order valence-corrected chi connectivity index (χ2v) is 7.14. The van der Waals surface area contributed by atoms with Gasteiger partial charge in [-0.2, -0.15) is 0 Å². The molecule has 0 fully saturated rings. The minimum absolute atomic E-state index is 0.239. The maximum Gasteiger partial charge on any atom is 0.573 e. The highest BCUT2D eigenvalue weighted by Crippen LogP contribution is 2.46. The molecule has 132 valence electrons. The van der Waals surface area contributed by atoms with Crippen LogP contribution in [0.5, 0.6) is 11.5 Å². The molecule has 1 aliphatic rings. The fourth-order valence-electron chi connectivity index (χ4n) is 2.76. The molecule has 0 bridgehead atoms. The number of ether oxygens (including phenoxy) is 2. The summed E-state index contributed by atoms with van der Waals surface area (Å²) in [7, 11) is 1.55. The summed E-state index contributed by atoms with van der Waals surface area (Å²) in [5.41, 5.74) is 1.74. The van der Waals surface area contributed by atoms with Crippen molar-refractivity contribution >= 4 is 17.5 Å². The van der Waals surface area contributed by atoms with Crippen LogP contribution >= 0.6 is 11.8 Å². The number of thioether (sulfide) groups is 1. The predicted molar refractivity (Wildman–Crippen MR) is 89.1 cm³/mol. The quantitative estimate of drug-likeness (QED) is 0.769. The zero-order valence-electron chi connectivity index (χ0n) is 13.5. The van der Waals surface area contributed by atoms with Gasteiger partial charge in [-0.05, 0) is 42.3 Å². The molecule has 7 heteroatoms. The molecule has 0 saturated carbocycles. The minimum atomic E-state index is -4.79. The Morgan fingerprint density at radius 1 is 1.08 bits per heavy atom. The van der Waals surface area contributed by atoms with Crippen molar-refractivity contribution in [2.75, 3.05) is 7.11 Å². The molecule has 0 amide bonds. The number of Topliss-reactive ketones (excluding diaryl/α,β-unsaturated/α-hetero) is 1. The highest BCUT2D eigenvalue weighted by molar-refractivity contribution is 8.00. The molecule has 2 aromatic carbocycles. The molecule has 0 aromatic heterocycles. The van der Waals surface area contributed by atoms with Crippen LogP contribution in [-0.2, 0) is 10.5 Å². The first kappa shape index (κ1) is 17.7. The van der Waals surface area contributed by atoms with Crippen LogP contribution in [0, 0.1) is 0 Å². The summed E-state index contributed by atoms with van der Waals surface area (Å²) < 4.78 is 45.5. The molecule has 0 N–H and O–H groups in total. The van der Waals surface area contributed by atoms with Crippen LogP contribution in [0.2, 0.25) is 0 Å². The van der Waals surface area contributed by atoms with Crippen LogP contribution in [0.15, 0.2) is 42.5 Å². The zero-order chi connectivity index (χ0) is 18.2. The molecule has 0 aliphatic carbocycles. The lowest BCUT2D eigenvalue weighted by atomic mass is 9.88. The van der Waals surface area contributed by atoms with Crippen LogP contribution < -0.4 is 9.47 Å². The van der Waals surface area contributed by atoms with Crippen LogP contribution in [0.3, 0.4) is 0 Å². The first-order chi connectivity index (χ1) is 11.7. The number of ketones is 1. The van der Waals surface area contributed by atoms with Crippen molar-refractivity contribution in [3.8, 4) is 11.5 Å². The smallest absolute Gasteiger partial charge is 0.497 e. The van der Waals surface area contributed by atoms with E-state index in [1.807, 2.05) is 0 Å². The van der Waals surface area contributed by atoms with Crippen LogP contribution in [0.1, 0.15) is 28.4 Å². The Balaban J connectivity index is 1.97. The van der Waals surface area contributed by atoms with Gasteiger partial charge in [0.15, 0.2) is 5.78 Å². The van der Waals surface area contributed by atoms with Gasteiger partial charge in [0.25, 0.3) is 0 Å². The van der Waals surface area contributed by atoms with Crippen LogP contribution in [0.25, 0.3) is 0 Å². The highest BCUT2D eigenvalue weighted by Gasteiger charge is 2.41. The van der Waals surface area contributed by atoms with E-state index in [0.29, 0.717) is 17.1 Å². The lowest BCUT2D eigenvalue weighted by Gasteiger charge is -2.33. The van der Waals surface area contributed by atoms with Crippen LogP contribution in [0.4, 0.5) is 13.2 Å². The van der Waals surface area contributed by atoms with Gasteiger partial charge in [0.05, 0.1) is 7.11 Å². The molecule has 1 heterocycles. The standard InChI is InChI=1S/C18H15F3O3S/c1-17(12-4-7-13(23-2)8-5-12)16(22)15-9-14(24-18(19,20)21)6-3-11(15)10-25-17/h3-9H,10H2,1-2H3. The fraction of sp³-hybridized carbons (Fsp3) is 0.278. The molecule has 1 aliphatic heterocycles. The predicted octanol–water partition coefficient (Wildman–Crippen LogP) is 4.94. The zero-order valence-corrected chi connectivity index (χ0v) is 14.3. The van der Waals surface area contributed by atoms with Gasteiger partial charge in [-0.15, -0.1) is 24.9 Å². The van der Waals surface area contributed by atoms with Gasteiger partial charge in [-0.3, -0.25) is 4.79 Å². The number of halogens is 3. The topological polar surface area (TPSA) is 35.5 Å². The third-order valence-electron chi connectivity index (χ3n) is 4.15. The van der Waals surface area contributed by atoms with Crippen molar-refractivity contribution in [1.82, 2.24) is 0 Å². The maximum atomic E-state index is 13.0. The third-order valence-corrected chi connectivity index (χ3v) is 5.60. The van der Waals surface area contributed by atoms with E-state index in [1.165, 1.54) is 30.0 Å². The molecule has 3 nitrogen and oxygen atoms in total. The monoisotopic (exact) mass is 368 g/mol. The Hall–Kier alpha value is -2.15. The normalized spacial score (nSPS) is 20.1. The molecular formula is C18H15F3O3S. The Morgan fingerprint density at radius 3 is 2.32 bits per heavy atom. The summed E-state index contributed by atoms with van der Waals surface area (Å²) in [6.07, 6.45) is -4.79. The van der Waals surface area contributed by atoms with Crippen molar-refractivity contribution in [3.05, 3.63) is 59.2 Å². The number of methoxy groups -OCH3 is 1. The number of fused-ring (bicyclic) bond motifs is 1.